The number of hydrogen-bond donors (Lipinski definition) is 0. The van der Waals surface area contributed by atoms with Gasteiger partial charge in [-0.1, -0.05) is 36.0 Å². The summed E-state index contributed by atoms with van der Waals surface area (Å²) in [6, 6.07) is 10.1. The molecule has 0 unspecified atom stereocenters. The first-order valence-electron chi connectivity index (χ1n) is 5.82. The van der Waals surface area contributed by atoms with Crippen LogP contribution in [0, 0.1) is 24.2 Å². The van der Waals surface area contributed by atoms with Gasteiger partial charge in [-0.25, -0.2) is 0 Å². The maximum absolute atomic E-state index is 5.22. The Labute approximate surface area is 103 Å². The van der Waals surface area contributed by atoms with Crippen LogP contribution in [0.2, 0.25) is 0 Å². The van der Waals surface area contributed by atoms with Crippen molar-refractivity contribution in [3.63, 3.8) is 0 Å². The Morgan fingerprint density at radius 1 is 1.06 bits per heavy atom. The molecule has 0 aliphatic heterocycles. The average Bonchev–Trinajstić information content (AvgIpc) is 2.82. The van der Waals surface area contributed by atoms with Gasteiger partial charge in [-0.3, -0.25) is 0 Å². The summed E-state index contributed by atoms with van der Waals surface area (Å²) in [5, 5.41) is 0. The number of benzene rings is 1. The second kappa shape index (κ2) is 5.78. The molecule has 0 nitrogen and oxygen atoms in total. The molecular formula is C17H14. The van der Waals surface area contributed by atoms with Crippen molar-refractivity contribution in [2.24, 2.45) is 0 Å². The van der Waals surface area contributed by atoms with Crippen LogP contribution < -0.4 is 0 Å². The van der Waals surface area contributed by atoms with Crippen molar-refractivity contribution >= 4 is 0 Å². The molecule has 0 fully saturated rings. The molecule has 1 aliphatic carbocycles. The largest absolute Gasteiger partial charge is 0.115 e. The first kappa shape index (κ1) is 11.3. The van der Waals surface area contributed by atoms with Crippen LogP contribution in [0.4, 0.5) is 0 Å². The van der Waals surface area contributed by atoms with Gasteiger partial charge in [-0.05, 0) is 49.1 Å². The van der Waals surface area contributed by atoms with Crippen LogP contribution in [0.15, 0.2) is 53.6 Å². The maximum Gasteiger partial charge on any atom is 0.0248 e. The van der Waals surface area contributed by atoms with Gasteiger partial charge in [0.05, 0.1) is 0 Å². The third-order valence-electron chi connectivity index (χ3n) is 2.77. The standard InChI is InChI=1S/C17H14/c1-2-3-10-16-11-7-12-17(16)14-13-15-8-5-4-6-9-15/h1,3-6,8-10H,7,11-12H2/b10-3-. The van der Waals surface area contributed by atoms with Crippen molar-refractivity contribution in [2.45, 2.75) is 19.3 Å². The van der Waals surface area contributed by atoms with E-state index in [-0.39, 0.29) is 0 Å². The second-order valence-corrected chi connectivity index (χ2v) is 3.97. The van der Waals surface area contributed by atoms with E-state index in [1.165, 1.54) is 17.6 Å². The molecule has 2 rings (SSSR count). The van der Waals surface area contributed by atoms with E-state index < -0.39 is 0 Å². The highest BCUT2D eigenvalue weighted by Gasteiger charge is 2.09. The summed E-state index contributed by atoms with van der Waals surface area (Å²) in [5.74, 6) is 8.99. The minimum absolute atomic E-state index is 1.06. The van der Waals surface area contributed by atoms with Crippen LogP contribution in [-0.2, 0) is 0 Å². The Bertz CT molecular complexity index is 539. The molecule has 0 amide bonds. The summed E-state index contributed by atoms with van der Waals surface area (Å²) in [6.45, 7) is 0. The van der Waals surface area contributed by atoms with Gasteiger partial charge in [0.1, 0.15) is 0 Å². The van der Waals surface area contributed by atoms with Crippen LogP contribution in [0.3, 0.4) is 0 Å². The molecule has 0 saturated heterocycles. The molecule has 0 heterocycles. The highest BCUT2D eigenvalue weighted by atomic mass is 14.1. The van der Waals surface area contributed by atoms with Crippen LogP contribution >= 0.6 is 0 Å². The van der Waals surface area contributed by atoms with Crippen molar-refractivity contribution in [3.05, 3.63) is 59.2 Å². The monoisotopic (exact) mass is 218 g/mol. The summed E-state index contributed by atoms with van der Waals surface area (Å²) in [6.07, 6.45) is 12.3. The fourth-order valence-corrected chi connectivity index (χ4v) is 1.91. The fourth-order valence-electron chi connectivity index (χ4n) is 1.91. The molecule has 1 aromatic rings. The summed E-state index contributed by atoms with van der Waals surface area (Å²) >= 11 is 0. The number of hydrogen-bond acceptors (Lipinski definition) is 0. The lowest BCUT2D eigenvalue weighted by Crippen LogP contribution is -1.78. The molecule has 0 spiro atoms. The lowest BCUT2D eigenvalue weighted by Gasteiger charge is -1.93. The highest BCUT2D eigenvalue weighted by molar-refractivity contribution is 5.47. The van der Waals surface area contributed by atoms with Crippen molar-refractivity contribution in [3.8, 4) is 24.2 Å². The average molecular weight is 218 g/mol. The molecular weight excluding hydrogens is 204 g/mol. The van der Waals surface area contributed by atoms with Crippen molar-refractivity contribution in [2.75, 3.05) is 0 Å². The third kappa shape index (κ3) is 3.13. The Hall–Kier alpha value is -2.18. The smallest absolute Gasteiger partial charge is 0.0248 e. The molecule has 1 aliphatic rings. The van der Waals surface area contributed by atoms with Gasteiger partial charge in [0.15, 0.2) is 0 Å². The van der Waals surface area contributed by atoms with Gasteiger partial charge in [0.25, 0.3) is 0 Å². The van der Waals surface area contributed by atoms with Crippen LogP contribution in [0.1, 0.15) is 24.8 Å². The van der Waals surface area contributed by atoms with Gasteiger partial charge in [-0.15, -0.1) is 6.42 Å². The van der Waals surface area contributed by atoms with E-state index in [1.54, 1.807) is 6.08 Å². The molecule has 82 valence electrons. The zero-order chi connectivity index (χ0) is 11.9. The summed E-state index contributed by atoms with van der Waals surface area (Å²) in [7, 11) is 0. The number of rotatable bonds is 1. The fraction of sp³-hybridized carbons (Fsp3) is 0.176. The van der Waals surface area contributed by atoms with Crippen molar-refractivity contribution < 1.29 is 0 Å². The molecule has 0 atom stereocenters. The third-order valence-corrected chi connectivity index (χ3v) is 2.77. The number of terminal acetylenes is 1. The Morgan fingerprint density at radius 3 is 2.65 bits per heavy atom. The van der Waals surface area contributed by atoms with Gasteiger partial charge in [0.2, 0.25) is 0 Å². The Morgan fingerprint density at radius 2 is 1.88 bits per heavy atom. The van der Waals surface area contributed by atoms with Crippen molar-refractivity contribution in [1.82, 2.24) is 0 Å². The van der Waals surface area contributed by atoms with E-state index in [9.17, 15) is 0 Å². The molecule has 0 saturated carbocycles. The van der Waals surface area contributed by atoms with Gasteiger partial charge >= 0.3 is 0 Å². The van der Waals surface area contributed by atoms with Crippen molar-refractivity contribution in [1.29, 1.82) is 0 Å². The van der Waals surface area contributed by atoms with E-state index in [2.05, 4.69) is 17.8 Å². The lowest BCUT2D eigenvalue weighted by molar-refractivity contribution is 0.908. The van der Waals surface area contributed by atoms with E-state index in [1.807, 2.05) is 36.4 Å². The predicted molar refractivity (Wildman–Crippen MR) is 72.2 cm³/mol. The summed E-state index contributed by atoms with van der Waals surface area (Å²) in [4.78, 5) is 0. The summed E-state index contributed by atoms with van der Waals surface area (Å²) in [5.41, 5.74) is 3.60. The van der Waals surface area contributed by atoms with Gasteiger partial charge < -0.3 is 0 Å². The van der Waals surface area contributed by atoms with E-state index in [0.717, 1.165) is 18.4 Å². The SMILES string of the molecule is C#C/C=C\C1=C(C#Cc2ccccc2)CCC1. The predicted octanol–water partition coefficient (Wildman–Crippen LogP) is 3.71. The molecule has 17 heavy (non-hydrogen) atoms. The summed E-state index contributed by atoms with van der Waals surface area (Å²) < 4.78 is 0. The zero-order valence-electron chi connectivity index (χ0n) is 9.74. The van der Waals surface area contributed by atoms with Crippen LogP contribution in [0.25, 0.3) is 0 Å². The van der Waals surface area contributed by atoms with E-state index in [4.69, 9.17) is 6.42 Å². The zero-order valence-corrected chi connectivity index (χ0v) is 9.74. The minimum atomic E-state index is 1.06. The Balaban J connectivity index is 2.21. The van der Waals surface area contributed by atoms with E-state index >= 15 is 0 Å². The first-order valence-corrected chi connectivity index (χ1v) is 5.82. The molecule has 0 N–H and O–H groups in total. The van der Waals surface area contributed by atoms with Gasteiger partial charge in [-0.2, -0.15) is 0 Å². The highest BCUT2D eigenvalue weighted by Crippen LogP contribution is 2.26. The number of allylic oxidation sites excluding steroid dienone is 4. The molecule has 0 heteroatoms. The second-order valence-electron chi connectivity index (χ2n) is 3.97. The topological polar surface area (TPSA) is 0 Å². The van der Waals surface area contributed by atoms with E-state index in [0.29, 0.717) is 0 Å². The normalized spacial score (nSPS) is 14.5. The molecule has 0 radical (unpaired) electrons. The maximum atomic E-state index is 5.22. The van der Waals surface area contributed by atoms with Gasteiger partial charge in [0, 0.05) is 11.1 Å². The molecule has 0 aromatic heterocycles. The molecule has 1 aromatic carbocycles. The van der Waals surface area contributed by atoms with Crippen LogP contribution in [0.5, 0.6) is 0 Å². The lowest BCUT2D eigenvalue weighted by atomic mass is 10.1. The Kier molecular flexibility index (Phi) is 3.85. The minimum Gasteiger partial charge on any atom is -0.115 e. The first-order chi connectivity index (χ1) is 8.40. The molecule has 0 bridgehead atoms. The quantitative estimate of drug-likeness (QED) is 0.630. The van der Waals surface area contributed by atoms with Crippen LogP contribution in [-0.4, -0.2) is 0 Å².